The number of nitrogens with zero attached hydrogens (tertiary/aromatic N) is 3. The lowest BCUT2D eigenvalue weighted by Crippen LogP contribution is -2.56. The second-order valence-electron chi connectivity index (χ2n) is 6.28. The third-order valence-corrected chi connectivity index (χ3v) is 4.80. The molecule has 2 N–H and O–H groups in total. The lowest BCUT2D eigenvalue weighted by molar-refractivity contribution is 0.0683. The van der Waals surface area contributed by atoms with Gasteiger partial charge in [-0.2, -0.15) is 0 Å². The molecule has 2 rings (SSSR count). The van der Waals surface area contributed by atoms with Crippen LogP contribution < -0.4 is 10.6 Å². The van der Waals surface area contributed by atoms with Gasteiger partial charge in [0.05, 0.1) is 17.6 Å². The molecule has 112 valence electrons. The first kappa shape index (κ1) is 15.3. The summed E-state index contributed by atoms with van der Waals surface area (Å²) in [7, 11) is 6.53. The van der Waals surface area contributed by atoms with E-state index in [2.05, 4.69) is 55.0 Å². The fraction of sp³-hybridized carbons (Fsp3) is 0.688. The molecular formula is C16H28N4. The van der Waals surface area contributed by atoms with Gasteiger partial charge < -0.3 is 15.5 Å². The van der Waals surface area contributed by atoms with E-state index in [9.17, 15) is 0 Å². The average Bonchev–Trinajstić information content (AvgIpc) is 2.41. The standard InChI is InChI=1S/C16H28N4/c1-5-14(17)15-8-7-13(11-18-15)20(4)12-16(19(2)3)9-6-10-16/h7-8,11,14H,5-6,9-10,12,17H2,1-4H3. The van der Waals surface area contributed by atoms with E-state index >= 15 is 0 Å². The summed E-state index contributed by atoms with van der Waals surface area (Å²) in [5.41, 5.74) is 8.50. The molecule has 0 aromatic carbocycles. The monoisotopic (exact) mass is 276 g/mol. The van der Waals surface area contributed by atoms with Crippen LogP contribution in [0.2, 0.25) is 0 Å². The van der Waals surface area contributed by atoms with Crippen LogP contribution in [-0.2, 0) is 0 Å². The lowest BCUT2D eigenvalue weighted by atomic mass is 9.75. The molecule has 20 heavy (non-hydrogen) atoms. The van der Waals surface area contributed by atoms with E-state index in [1.807, 2.05) is 6.20 Å². The van der Waals surface area contributed by atoms with Gasteiger partial charge in [0.25, 0.3) is 0 Å². The minimum atomic E-state index is 0.0501. The highest BCUT2D eigenvalue weighted by Gasteiger charge is 2.39. The number of rotatable bonds is 6. The Hall–Kier alpha value is -1.13. The molecule has 1 unspecified atom stereocenters. The summed E-state index contributed by atoms with van der Waals surface area (Å²) in [5.74, 6) is 0. The zero-order valence-electron chi connectivity index (χ0n) is 13.3. The predicted octanol–water partition coefficient (Wildman–Crippen LogP) is 2.41. The van der Waals surface area contributed by atoms with Gasteiger partial charge in [-0.15, -0.1) is 0 Å². The van der Waals surface area contributed by atoms with Crippen molar-refractivity contribution >= 4 is 5.69 Å². The summed E-state index contributed by atoms with van der Waals surface area (Å²) >= 11 is 0. The molecule has 0 radical (unpaired) electrons. The number of aromatic nitrogens is 1. The Balaban J connectivity index is 2.04. The highest BCUT2D eigenvalue weighted by Crippen LogP contribution is 2.37. The Labute approximate surface area is 123 Å². The summed E-state index contributed by atoms with van der Waals surface area (Å²) in [6, 6.07) is 4.25. The molecule has 1 saturated carbocycles. The fourth-order valence-electron chi connectivity index (χ4n) is 2.92. The van der Waals surface area contributed by atoms with E-state index in [4.69, 9.17) is 5.73 Å². The molecule has 1 atom stereocenters. The Morgan fingerprint density at radius 1 is 1.30 bits per heavy atom. The Morgan fingerprint density at radius 3 is 2.40 bits per heavy atom. The summed E-state index contributed by atoms with van der Waals surface area (Å²) < 4.78 is 0. The van der Waals surface area contributed by atoms with E-state index < -0.39 is 0 Å². The predicted molar refractivity (Wildman–Crippen MR) is 85.0 cm³/mol. The van der Waals surface area contributed by atoms with Gasteiger partial charge in [-0.3, -0.25) is 4.98 Å². The van der Waals surface area contributed by atoms with Crippen molar-refractivity contribution in [1.82, 2.24) is 9.88 Å². The van der Waals surface area contributed by atoms with Crippen molar-refractivity contribution in [3.8, 4) is 0 Å². The van der Waals surface area contributed by atoms with Crippen LogP contribution >= 0.6 is 0 Å². The highest BCUT2D eigenvalue weighted by molar-refractivity contribution is 5.44. The van der Waals surface area contributed by atoms with E-state index in [1.165, 1.54) is 24.9 Å². The van der Waals surface area contributed by atoms with Crippen molar-refractivity contribution in [3.63, 3.8) is 0 Å². The summed E-state index contributed by atoms with van der Waals surface area (Å²) in [6.45, 7) is 3.14. The molecule has 1 aliphatic carbocycles. The molecule has 1 aliphatic rings. The number of nitrogens with two attached hydrogens (primary N) is 1. The smallest absolute Gasteiger partial charge is 0.0572 e. The van der Waals surface area contributed by atoms with Crippen molar-refractivity contribution in [2.75, 3.05) is 32.6 Å². The maximum Gasteiger partial charge on any atom is 0.0572 e. The molecule has 1 fully saturated rings. The number of hydrogen-bond acceptors (Lipinski definition) is 4. The van der Waals surface area contributed by atoms with E-state index in [0.29, 0.717) is 5.54 Å². The average molecular weight is 276 g/mol. The van der Waals surface area contributed by atoms with Gasteiger partial charge in [0.15, 0.2) is 0 Å². The third kappa shape index (κ3) is 2.96. The van der Waals surface area contributed by atoms with Gasteiger partial charge in [0.1, 0.15) is 0 Å². The summed E-state index contributed by atoms with van der Waals surface area (Å²) in [5, 5.41) is 0. The van der Waals surface area contributed by atoms with Crippen LogP contribution in [0.3, 0.4) is 0 Å². The molecule has 0 spiro atoms. The van der Waals surface area contributed by atoms with Crippen molar-refractivity contribution in [1.29, 1.82) is 0 Å². The van der Waals surface area contributed by atoms with Gasteiger partial charge in [-0.05, 0) is 51.9 Å². The topological polar surface area (TPSA) is 45.4 Å². The van der Waals surface area contributed by atoms with Crippen LogP contribution in [-0.4, -0.2) is 43.1 Å². The zero-order valence-corrected chi connectivity index (χ0v) is 13.3. The van der Waals surface area contributed by atoms with Crippen LogP contribution in [0, 0.1) is 0 Å². The SMILES string of the molecule is CCC(N)c1ccc(N(C)CC2(N(C)C)CCC2)cn1. The first-order valence-electron chi connectivity index (χ1n) is 7.58. The normalized spacial score (nSPS) is 18.7. The van der Waals surface area contributed by atoms with Crippen molar-refractivity contribution in [2.45, 2.75) is 44.2 Å². The van der Waals surface area contributed by atoms with Crippen LogP contribution in [0.1, 0.15) is 44.3 Å². The fourth-order valence-corrected chi connectivity index (χ4v) is 2.92. The van der Waals surface area contributed by atoms with Crippen molar-refractivity contribution in [2.24, 2.45) is 5.73 Å². The highest BCUT2D eigenvalue weighted by atomic mass is 15.2. The van der Waals surface area contributed by atoms with E-state index in [1.54, 1.807) is 0 Å². The minimum Gasteiger partial charge on any atom is -0.371 e. The van der Waals surface area contributed by atoms with Crippen molar-refractivity contribution in [3.05, 3.63) is 24.0 Å². The van der Waals surface area contributed by atoms with Crippen LogP contribution in [0.25, 0.3) is 0 Å². The number of pyridine rings is 1. The first-order valence-corrected chi connectivity index (χ1v) is 7.58. The van der Waals surface area contributed by atoms with E-state index in [0.717, 1.165) is 18.7 Å². The molecule has 0 amide bonds. The zero-order chi connectivity index (χ0) is 14.8. The Kier molecular flexibility index (Phi) is 4.66. The Bertz CT molecular complexity index is 423. The van der Waals surface area contributed by atoms with Gasteiger partial charge in [0, 0.05) is 25.2 Å². The maximum absolute atomic E-state index is 6.01. The van der Waals surface area contributed by atoms with Gasteiger partial charge in [-0.1, -0.05) is 6.92 Å². The molecule has 4 nitrogen and oxygen atoms in total. The molecular weight excluding hydrogens is 248 g/mol. The lowest BCUT2D eigenvalue weighted by Gasteiger charge is -2.49. The third-order valence-electron chi connectivity index (χ3n) is 4.80. The van der Waals surface area contributed by atoms with Crippen LogP contribution in [0.5, 0.6) is 0 Å². The van der Waals surface area contributed by atoms with Crippen LogP contribution in [0.15, 0.2) is 18.3 Å². The number of likely N-dealkylation sites (N-methyl/N-ethyl adjacent to an activating group) is 2. The minimum absolute atomic E-state index is 0.0501. The van der Waals surface area contributed by atoms with Crippen molar-refractivity contribution < 1.29 is 0 Å². The van der Waals surface area contributed by atoms with E-state index in [-0.39, 0.29) is 6.04 Å². The Morgan fingerprint density at radius 2 is 2.00 bits per heavy atom. The van der Waals surface area contributed by atoms with Gasteiger partial charge >= 0.3 is 0 Å². The summed E-state index contributed by atoms with van der Waals surface area (Å²) in [6.07, 6.45) is 6.79. The second-order valence-corrected chi connectivity index (χ2v) is 6.28. The second kappa shape index (κ2) is 6.10. The molecule has 0 saturated heterocycles. The first-order chi connectivity index (χ1) is 9.48. The summed E-state index contributed by atoms with van der Waals surface area (Å²) in [4.78, 5) is 9.20. The molecule has 1 aromatic rings. The van der Waals surface area contributed by atoms with Gasteiger partial charge in [0.2, 0.25) is 0 Å². The molecule has 0 bridgehead atoms. The molecule has 1 heterocycles. The largest absolute Gasteiger partial charge is 0.371 e. The molecule has 4 heteroatoms. The number of anilines is 1. The van der Waals surface area contributed by atoms with Crippen LogP contribution in [0.4, 0.5) is 5.69 Å². The maximum atomic E-state index is 6.01. The number of hydrogen-bond donors (Lipinski definition) is 1. The quantitative estimate of drug-likeness (QED) is 0.866. The van der Waals surface area contributed by atoms with Gasteiger partial charge in [-0.25, -0.2) is 0 Å². The molecule has 1 aromatic heterocycles. The molecule has 0 aliphatic heterocycles.